The summed E-state index contributed by atoms with van der Waals surface area (Å²) >= 11 is 0. The van der Waals surface area contributed by atoms with E-state index in [1.54, 1.807) is 31.5 Å². The van der Waals surface area contributed by atoms with E-state index in [9.17, 15) is 4.79 Å². The Kier molecular flexibility index (Phi) is 2.95. The number of hydrogen-bond donors (Lipinski definition) is 0. The molecule has 0 saturated heterocycles. The lowest BCUT2D eigenvalue weighted by Crippen LogP contribution is -2.02. The molecule has 2 aromatic heterocycles. The van der Waals surface area contributed by atoms with Gasteiger partial charge in [0.2, 0.25) is 5.76 Å². The summed E-state index contributed by atoms with van der Waals surface area (Å²) in [7, 11) is 0. The summed E-state index contributed by atoms with van der Waals surface area (Å²) < 4.78 is 10.1. The van der Waals surface area contributed by atoms with E-state index in [1.807, 2.05) is 0 Å². The molecule has 82 valence electrons. The van der Waals surface area contributed by atoms with E-state index in [1.165, 1.54) is 6.33 Å². The molecule has 0 saturated carbocycles. The molecule has 5 nitrogen and oxygen atoms in total. The van der Waals surface area contributed by atoms with E-state index in [2.05, 4.69) is 9.97 Å². The van der Waals surface area contributed by atoms with Crippen LogP contribution in [0.25, 0.3) is 11.3 Å². The van der Waals surface area contributed by atoms with Crippen LogP contribution in [0.2, 0.25) is 0 Å². The molecule has 2 aromatic rings. The molecule has 0 bridgehead atoms. The average molecular weight is 218 g/mol. The molecule has 0 aliphatic heterocycles. The molecule has 2 rings (SSSR count). The quantitative estimate of drug-likeness (QED) is 0.736. The maximum Gasteiger partial charge on any atom is 0.374 e. The number of furan rings is 1. The van der Waals surface area contributed by atoms with Crippen molar-refractivity contribution >= 4 is 5.97 Å². The highest BCUT2D eigenvalue weighted by Gasteiger charge is 2.12. The summed E-state index contributed by atoms with van der Waals surface area (Å²) in [5, 5.41) is 0. The fourth-order valence-corrected chi connectivity index (χ4v) is 1.23. The second-order valence-electron chi connectivity index (χ2n) is 3.01. The minimum Gasteiger partial charge on any atom is -0.460 e. The minimum atomic E-state index is -0.467. The third-order valence-electron chi connectivity index (χ3n) is 1.93. The topological polar surface area (TPSA) is 65.2 Å². The molecule has 0 N–H and O–H groups in total. The highest BCUT2D eigenvalue weighted by Crippen LogP contribution is 2.20. The van der Waals surface area contributed by atoms with Crippen LogP contribution in [-0.2, 0) is 4.74 Å². The molecule has 5 heteroatoms. The van der Waals surface area contributed by atoms with Crippen molar-refractivity contribution in [1.29, 1.82) is 0 Å². The third kappa shape index (κ3) is 2.08. The monoisotopic (exact) mass is 218 g/mol. The Hall–Kier alpha value is -2.17. The van der Waals surface area contributed by atoms with Crippen LogP contribution in [-0.4, -0.2) is 22.5 Å². The second kappa shape index (κ2) is 4.57. The van der Waals surface area contributed by atoms with Gasteiger partial charge in [-0.3, -0.25) is 0 Å². The molecule has 0 aliphatic carbocycles. The maximum absolute atomic E-state index is 11.3. The van der Waals surface area contributed by atoms with Gasteiger partial charge < -0.3 is 9.15 Å². The van der Waals surface area contributed by atoms with Gasteiger partial charge in [-0.2, -0.15) is 0 Å². The SMILES string of the molecule is CCOC(=O)c1ccc(-c2cncnc2)o1. The molecule has 16 heavy (non-hydrogen) atoms. The van der Waals surface area contributed by atoms with Gasteiger partial charge in [0.1, 0.15) is 12.1 Å². The van der Waals surface area contributed by atoms with Crippen LogP contribution < -0.4 is 0 Å². The Bertz CT molecular complexity index is 479. The largest absolute Gasteiger partial charge is 0.460 e. The molecule has 0 fully saturated rings. The van der Waals surface area contributed by atoms with Crippen molar-refractivity contribution in [2.45, 2.75) is 6.92 Å². The number of rotatable bonds is 3. The fraction of sp³-hybridized carbons (Fsp3) is 0.182. The number of ether oxygens (including phenoxy) is 1. The zero-order valence-electron chi connectivity index (χ0n) is 8.71. The highest BCUT2D eigenvalue weighted by molar-refractivity contribution is 5.87. The molecule has 0 spiro atoms. The molecular weight excluding hydrogens is 208 g/mol. The summed E-state index contributed by atoms with van der Waals surface area (Å²) in [5.74, 6) is 0.259. The molecule has 2 heterocycles. The molecule has 0 aliphatic rings. The van der Waals surface area contributed by atoms with E-state index < -0.39 is 5.97 Å². The lowest BCUT2D eigenvalue weighted by molar-refractivity contribution is 0.0491. The van der Waals surface area contributed by atoms with Gasteiger partial charge in [-0.05, 0) is 19.1 Å². The number of hydrogen-bond acceptors (Lipinski definition) is 5. The Morgan fingerprint density at radius 1 is 1.38 bits per heavy atom. The van der Waals surface area contributed by atoms with Crippen LogP contribution in [0, 0.1) is 0 Å². The van der Waals surface area contributed by atoms with Crippen molar-refractivity contribution in [2.75, 3.05) is 6.61 Å². The predicted octanol–water partition coefficient (Wildman–Crippen LogP) is 1.91. The Balaban J connectivity index is 2.23. The number of esters is 1. The number of carbonyl (C=O) groups is 1. The number of nitrogens with zero attached hydrogens (tertiary/aromatic N) is 2. The zero-order chi connectivity index (χ0) is 11.4. The Morgan fingerprint density at radius 2 is 2.12 bits per heavy atom. The smallest absolute Gasteiger partial charge is 0.374 e. The summed E-state index contributed by atoms with van der Waals surface area (Å²) in [6, 6.07) is 3.26. The van der Waals surface area contributed by atoms with Crippen LogP contribution >= 0.6 is 0 Å². The predicted molar refractivity (Wildman–Crippen MR) is 55.7 cm³/mol. The summed E-state index contributed by atoms with van der Waals surface area (Å²) in [6.07, 6.45) is 4.65. The number of carbonyl (C=O) groups excluding carboxylic acids is 1. The molecule has 0 radical (unpaired) electrons. The summed E-state index contributed by atoms with van der Waals surface area (Å²) in [4.78, 5) is 19.1. The van der Waals surface area contributed by atoms with Gasteiger partial charge in [0, 0.05) is 12.4 Å². The van der Waals surface area contributed by atoms with Crippen molar-refractivity contribution in [3.05, 3.63) is 36.6 Å². The first kappa shape index (κ1) is 10.4. The Morgan fingerprint density at radius 3 is 2.81 bits per heavy atom. The minimum absolute atomic E-state index is 0.181. The summed E-state index contributed by atoms with van der Waals surface area (Å²) in [5.41, 5.74) is 0.720. The van der Waals surface area contributed by atoms with Crippen molar-refractivity contribution in [3.8, 4) is 11.3 Å². The van der Waals surface area contributed by atoms with Crippen LogP contribution in [0.1, 0.15) is 17.5 Å². The van der Waals surface area contributed by atoms with Gasteiger partial charge in [-0.25, -0.2) is 14.8 Å². The summed E-state index contributed by atoms with van der Waals surface area (Å²) in [6.45, 7) is 2.07. The van der Waals surface area contributed by atoms with Crippen molar-refractivity contribution in [1.82, 2.24) is 9.97 Å². The van der Waals surface area contributed by atoms with Crippen molar-refractivity contribution in [3.63, 3.8) is 0 Å². The standard InChI is InChI=1S/C11H10N2O3/c1-2-15-11(14)10-4-3-9(16-10)8-5-12-7-13-6-8/h3-7H,2H2,1H3. The fourth-order valence-electron chi connectivity index (χ4n) is 1.23. The maximum atomic E-state index is 11.3. The van der Waals surface area contributed by atoms with E-state index >= 15 is 0 Å². The third-order valence-corrected chi connectivity index (χ3v) is 1.93. The lowest BCUT2D eigenvalue weighted by Gasteiger charge is -1.97. The highest BCUT2D eigenvalue weighted by atomic mass is 16.5. The molecular formula is C11H10N2O3. The molecule has 0 unspecified atom stereocenters. The van der Waals surface area contributed by atoms with E-state index in [0.29, 0.717) is 12.4 Å². The molecule has 0 atom stereocenters. The number of aromatic nitrogens is 2. The van der Waals surface area contributed by atoms with Gasteiger partial charge in [0.15, 0.2) is 0 Å². The normalized spacial score (nSPS) is 10.1. The molecule has 0 amide bonds. The lowest BCUT2D eigenvalue weighted by atomic mass is 10.3. The van der Waals surface area contributed by atoms with Gasteiger partial charge in [-0.1, -0.05) is 0 Å². The molecule has 0 aromatic carbocycles. The first-order valence-electron chi connectivity index (χ1n) is 4.83. The first-order chi connectivity index (χ1) is 7.81. The average Bonchev–Trinajstić information content (AvgIpc) is 2.80. The second-order valence-corrected chi connectivity index (χ2v) is 3.01. The van der Waals surface area contributed by atoms with Gasteiger partial charge in [0.25, 0.3) is 0 Å². The first-order valence-corrected chi connectivity index (χ1v) is 4.83. The van der Waals surface area contributed by atoms with Crippen molar-refractivity contribution < 1.29 is 13.9 Å². The van der Waals surface area contributed by atoms with Crippen molar-refractivity contribution in [2.24, 2.45) is 0 Å². The van der Waals surface area contributed by atoms with Gasteiger partial charge in [0.05, 0.1) is 12.2 Å². The Labute approximate surface area is 92.1 Å². The van der Waals surface area contributed by atoms with Gasteiger partial charge >= 0.3 is 5.97 Å². The van der Waals surface area contributed by atoms with Gasteiger partial charge in [-0.15, -0.1) is 0 Å². The van der Waals surface area contributed by atoms with Crippen LogP contribution in [0.5, 0.6) is 0 Å². The van der Waals surface area contributed by atoms with Crippen LogP contribution in [0.3, 0.4) is 0 Å². The van der Waals surface area contributed by atoms with E-state index in [4.69, 9.17) is 9.15 Å². The van der Waals surface area contributed by atoms with Crippen LogP contribution in [0.15, 0.2) is 35.3 Å². The van der Waals surface area contributed by atoms with E-state index in [0.717, 1.165) is 5.56 Å². The zero-order valence-corrected chi connectivity index (χ0v) is 8.71. The van der Waals surface area contributed by atoms with Crippen LogP contribution in [0.4, 0.5) is 0 Å². The van der Waals surface area contributed by atoms with E-state index in [-0.39, 0.29) is 5.76 Å².